The van der Waals surface area contributed by atoms with Crippen LogP contribution in [-0.4, -0.2) is 118 Å². The van der Waals surface area contributed by atoms with Gasteiger partial charge in [0.1, 0.15) is 54.0 Å². The highest BCUT2D eigenvalue weighted by Crippen LogP contribution is 2.31. The number of amides is 7. The Labute approximate surface area is 348 Å². The molecule has 4 N–H and O–H groups in total. The summed E-state index contributed by atoms with van der Waals surface area (Å²) in [4.78, 5) is 102. The maximum Gasteiger partial charge on any atom is 0.416 e. The summed E-state index contributed by atoms with van der Waals surface area (Å²) in [5.74, 6) is -6.66. The lowest BCUT2D eigenvalue weighted by atomic mass is 9.99. The Hall–Kier alpha value is -5.82. The number of cyclic esters (lactones) is 1. The van der Waals surface area contributed by atoms with Gasteiger partial charge in [0, 0.05) is 37.8 Å². The Morgan fingerprint density at radius 2 is 1.46 bits per heavy atom. The molecule has 8 atom stereocenters. The van der Waals surface area contributed by atoms with Crippen LogP contribution in [0, 0.1) is 17.6 Å². The summed E-state index contributed by atoms with van der Waals surface area (Å²) in [6, 6.07) is -2.98. The van der Waals surface area contributed by atoms with Crippen molar-refractivity contribution < 1.29 is 60.3 Å². The number of esters is 1. The third kappa shape index (κ3) is 10.4. The minimum absolute atomic E-state index is 0.0478. The van der Waals surface area contributed by atoms with E-state index >= 15 is 0 Å². The summed E-state index contributed by atoms with van der Waals surface area (Å²) in [5.41, 5.74) is -1.19. The number of rotatable bonds is 6. The molecule has 61 heavy (non-hydrogen) atoms. The van der Waals surface area contributed by atoms with Gasteiger partial charge in [0.05, 0.1) is 5.56 Å². The molecule has 4 aliphatic rings. The van der Waals surface area contributed by atoms with Crippen molar-refractivity contribution in [2.45, 2.75) is 114 Å². The van der Waals surface area contributed by atoms with Crippen molar-refractivity contribution in [1.82, 2.24) is 30.7 Å². The second kappa shape index (κ2) is 18.4. The zero-order chi connectivity index (χ0) is 44.3. The van der Waals surface area contributed by atoms with Gasteiger partial charge in [-0.05, 0) is 100 Å². The highest BCUT2D eigenvalue weighted by Gasteiger charge is 2.47. The van der Waals surface area contributed by atoms with Gasteiger partial charge in [-0.2, -0.15) is 13.2 Å². The Bertz CT molecular complexity index is 2020. The number of piperidine rings is 1. The Kier molecular flexibility index (Phi) is 13.5. The van der Waals surface area contributed by atoms with Gasteiger partial charge in [-0.3, -0.25) is 24.0 Å². The first-order chi connectivity index (χ1) is 28.8. The van der Waals surface area contributed by atoms with Crippen LogP contribution in [-0.2, 0) is 46.1 Å². The van der Waals surface area contributed by atoms with Gasteiger partial charge in [-0.15, -0.1) is 0 Å². The quantitative estimate of drug-likeness (QED) is 0.252. The van der Waals surface area contributed by atoms with Crippen LogP contribution >= 0.6 is 0 Å². The minimum Gasteiger partial charge on any atom is -0.458 e. The molecule has 6 rings (SSSR count). The van der Waals surface area contributed by atoms with Crippen molar-refractivity contribution in [1.29, 1.82) is 0 Å². The number of benzene rings is 2. The number of nitrogens with one attached hydrogen (secondary N) is 4. The maximum absolute atomic E-state index is 14.7. The summed E-state index contributed by atoms with van der Waals surface area (Å²) in [6.07, 6.45) is -4.41. The van der Waals surface area contributed by atoms with E-state index in [1.807, 2.05) is 6.92 Å². The first kappa shape index (κ1) is 44.7. The molecule has 4 heterocycles. The van der Waals surface area contributed by atoms with E-state index in [2.05, 4.69) is 21.3 Å². The number of hydrogen-bond donors (Lipinski definition) is 4. The van der Waals surface area contributed by atoms with E-state index in [1.165, 1.54) is 28.5 Å². The van der Waals surface area contributed by atoms with Crippen LogP contribution in [0.15, 0.2) is 42.5 Å². The number of halogens is 5. The van der Waals surface area contributed by atoms with E-state index in [-0.39, 0.29) is 49.6 Å². The zero-order valence-corrected chi connectivity index (χ0v) is 33.7. The van der Waals surface area contributed by atoms with Crippen molar-refractivity contribution in [3.05, 3.63) is 65.2 Å². The molecule has 0 saturated carbocycles. The summed E-state index contributed by atoms with van der Waals surface area (Å²) >= 11 is 0. The highest BCUT2D eigenvalue weighted by molar-refractivity contribution is 5.98. The van der Waals surface area contributed by atoms with Gasteiger partial charge in [-0.25, -0.2) is 18.4 Å². The summed E-state index contributed by atoms with van der Waals surface area (Å²) in [5, 5.41) is 9.91. The molecule has 4 saturated heterocycles. The molecule has 0 aromatic heterocycles. The van der Waals surface area contributed by atoms with Gasteiger partial charge in [-0.1, -0.05) is 6.92 Å². The largest absolute Gasteiger partial charge is 0.458 e. The van der Waals surface area contributed by atoms with Crippen LogP contribution < -0.4 is 21.3 Å². The van der Waals surface area contributed by atoms with Crippen molar-refractivity contribution in [3.8, 4) is 0 Å². The molecule has 0 bridgehead atoms. The number of alkyl halides is 3. The summed E-state index contributed by atoms with van der Waals surface area (Å²) in [7, 11) is 0. The molecule has 8 unspecified atom stereocenters. The number of anilines is 1. The van der Waals surface area contributed by atoms with E-state index in [9.17, 15) is 55.5 Å². The molecular formula is C41H48F5N7O8. The van der Waals surface area contributed by atoms with Crippen molar-refractivity contribution in [2.24, 2.45) is 5.92 Å². The fourth-order valence-electron chi connectivity index (χ4n) is 8.46. The van der Waals surface area contributed by atoms with Crippen LogP contribution in [0.3, 0.4) is 0 Å². The van der Waals surface area contributed by atoms with Crippen molar-refractivity contribution in [3.63, 3.8) is 0 Å². The first-order valence-electron chi connectivity index (χ1n) is 20.2. The number of fused-ring (bicyclic) bond motifs is 3. The second-order valence-corrected chi connectivity index (χ2v) is 16.1. The first-order valence-corrected chi connectivity index (χ1v) is 20.2. The van der Waals surface area contributed by atoms with Crippen LogP contribution in [0.2, 0.25) is 0 Å². The van der Waals surface area contributed by atoms with Crippen LogP contribution in [0.4, 0.5) is 32.4 Å². The van der Waals surface area contributed by atoms with Gasteiger partial charge in [0.25, 0.3) is 0 Å². The van der Waals surface area contributed by atoms with Gasteiger partial charge < -0.3 is 40.7 Å². The van der Waals surface area contributed by atoms with E-state index in [0.717, 1.165) is 36.4 Å². The predicted molar refractivity (Wildman–Crippen MR) is 206 cm³/mol. The lowest BCUT2D eigenvalue weighted by molar-refractivity contribution is -0.163. The lowest BCUT2D eigenvalue weighted by Gasteiger charge is -2.39. The molecule has 0 radical (unpaired) electrons. The van der Waals surface area contributed by atoms with E-state index < -0.39 is 114 Å². The van der Waals surface area contributed by atoms with E-state index in [4.69, 9.17) is 4.74 Å². The molecule has 330 valence electrons. The number of carbonyl (C=O) groups excluding carboxylic acids is 7. The lowest BCUT2D eigenvalue weighted by Crippen LogP contribution is -2.63. The van der Waals surface area contributed by atoms with E-state index in [1.54, 1.807) is 0 Å². The molecule has 2 aromatic rings. The standard InChI is InChI=1S/C41H48F5N7O8/c1-21-15-32-39(59)61-23(3)33(38(58)52-14-6-8-31(52)37(57)51-13-5-4-7-30(51)35(55)47-22(2)36(56)53(32)20-21)50-34(54)29(18-24-16-26(42)19-27(43)17-24)49-40(60)48-28-11-9-25(10-12-28)41(44,45)46/h9-12,16-17,19,21-23,29-33H,4-8,13-15,18,20H2,1-3H3,(H,47,55)(H,50,54)(H2,48,49,60). The molecule has 2 aromatic carbocycles. The number of nitrogens with zero attached hydrogens (tertiary/aromatic N) is 3. The molecule has 7 amide bonds. The van der Waals surface area contributed by atoms with Crippen LogP contribution in [0.1, 0.15) is 70.4 Å². The van der Waals surface area contributed by atoms with Gasteiger partial charge in [0.15, 0.2) is 0 Å². The predicted octanol–water partition coefficient (Wildman–Crippen LogP) is 3.26. The van der Waals surface area contributed by atoms with Crippen molar-refractivity contribution in [2.75, 3.05) is 25.0 Å². The van der Waals surface area contributed by atoms with E-state index in [0.29, 0.717) is 31.7 Å². The molecule has 20 heteroatoms. The fourth-order valence-corrected chi connectivity index (χ4v) is 8.46. The normalized spacial score (nSPS) is 27.0. The van der Waals surface area contributed by atoms with Crippen molar-refractivity contribution >= 4 is 47.2 Å². The SMILES string of the molecule is CC1CC2C(=O)OC(C)C(NC(=O)C(Cc3cc(F)cc(F)c3)NC(=O)Nc3ccc(C(F)(F)F)cc3)C(=O)N3CCCC3C(=O)N3CCCCC3C(=O)NC(C)C(=O)N2C1. The Balaban J connectivity index is 1.33. The average Bonchev–Trinajstić information content (AvgIpc) is 3.85. The maximum atomic E-state index is 14.7. The molecule has 4 fully saturated rings. The summed E-state index contributed by atoms with van der Waals surface area (Å²) < 4.78 is 73.9. The second-order valence-electron chi connectivity index (χ2n) is 16.1. The fraction of sp³-hybridized carbons (Fsp3) is 0.537. The van der Waals surface area contributed by atoms with Crippen LogP contribution in [0.5, 0.6) is 0 Å². The highest BCUT2D eigenvalue weighted by atomic mass is 19.4. The third-order valence-electron chi connectivity index (χ3n) is 11.5. The monoisotopic (exact) mass is 861 g/mol. The average molecular weight is 862 g/mol. The molecule has 4 aliphatic heterocycles. The number of ether oxygens (including phenoxy) is 1. The molecule has 0 spiro atoms. The topological polar surface area (TPSA) is 187 Å². The molecule has 15 nitrogen and oxygen atoms in total. The Morgan fingerprint density at radius 1 is 0.820 bits per heavy atom. The number of carbonyl (C=O) groups is 7. The minimum atomic E-state index is -4.66. The van der Waals surface area contributed by atoms with Gasteiger partial charge in [0.2, 0.25) is 29.5 Å². The number of hydrogen-bond acceptors (Lipinski definition) is 8. The van der Waals surface area contributed by atoms with Crippen LogP contribution in [0.25, 0.3) is 0 Å². The summed E-state index contributed by atoms with van der Waals surface area (Å²) in [6.45, 7) is 5.04. The third-order valence-corrected chi connectivity index (χ3v) is 11.5. The molecular weight excluding hydrogens is 813 g/mol. The molecule has 0 aliphatic carbocycles. The zero-order valence-electron chi connectivity index (χ0n) is 33.7. The Morgan fingerprint density at radius 3 is 2.13 bits per heavy atom. The number of urea groups is 1. The van der Waals surface area contributed by atoms with Gasteiger partial charge >= 0.3 is 18.2 Å². The smallest absolute Gasteiger partial charge is 0.416 e.